The monoisotopic (exact) mass is 437 g/mol. The number of aliphatic hydroxyl groups excluding tert-OH is 1. The van der Waals surface area contributed by atoms with Gasteiger partial charge in [0, 0.05) is 24.7 Å². The van der Waals surface area contributed by atoms with Crippen LogP contribution < -0.4 is 5.32 Å². The van der Waals surface area contributed by atoms with Gasteiger partial charge in [0.2, 0.25) is 5.91 Å². The minimum absolute atomic E-state index is 0.00867. The first kappa shape index (κ1) is 21.7. The van der Waals surface area contributed by atoms with Crippen LogP contribution in [-0.2, 0) is 4.79 Å². The average Bonchev–Trinajstić information content (AvgIpc) is 3.34. The third-order valence-electron chi connectivity index (χ3n) is 5.75. The molecule has 2 N–H and O–H groups in total. The molecule has 0 radical (unpaired) electrons. The molecular formula is C24H24FN3O4. The summed E-state index contributed by atoms with van der Waals surface area (Å²) in [5, 5.41) is 16.9. The van der Waals surface area contributed by atoms with E-state index in [1.165, 1.54) is 18.2 Å². The predicted octanol–water partition coefficient (Wildman–Crippen LogP) is 3.18. The van der Waals surface area contributed by atoms with E-state index in [1.807, 2.05) is 30.3 Å². The average molecular weight is 437 g/mol. The standard InChI is InChI=1S/C24H24FN3O4/c25-19-8-6-17(7-9-19)23(30)18-10-12-28(13-11-18)22(29)15-26-24(31)20-14-21(32-27-20)16-4-2-1-3-5-16/h1-9,14,18,23,30H,10-13,15H2,(H,26,31). The molecule has 1 aromatic heterocycles. The smallest absolute Gasteiger partial charge is 0.273 e. The molecule has 32 heavy (non-hydrogen) atoms. The lowest BCUT2D eigenvalue weighted by Crippen LogP contribution is -2.44. The summed E-state index contributed by atoms with van der Waals surface area (Å²) in [4.78, 5) is 26.5. The molecule has 3 aromatic rings. The molecule has 1 fully saturated rings. The number of carbonyl (C=O) groups is 2. The molecule has 1 unspecified atom stereocenters. The fourth-order valence-corrected chi connectivity index (χ4v) is 3.88. The maximum absolute atomic E-state index is 13.1. The van der Waals surface area contributed by atoms with Gasteiger partial charge in [-0.25, -0.2) is 4.39 Å². The Balaban J connectivity index is 1.25. The van der Waals surface area contributed by atoms with Gasteiger partial charge in [-0.1, -0.05) is 47.6 Å². The van der Waals surface area contributed by atoms with Gasteiger partial charge in [-0.2, -0.15) is 0 Å². The van der Waals surface area contributed by atoms with Crippen LogP contribution in [0, 0.1) is 11.7 Å². The molecule has 2 heterocycles. The van der Waals surface area contributed by atoms with Crippen molar-refractivity contribution in [2.45, 2.75) is 18.9 Å². The van der Waals surface area contributed by atoms with Crippen molar-refractivity contribution in [1.82, 2.24) is 15.4 Å². The van der Waals surface area contributed by atoms with Gasteiger partial charge in [0.15, 0.2) is 11.5 Å². The third-order valence-corrected chi connectivity index (χ3v) is 5.75. The molecule has 2 amide bonds. The first-order valence-electron chi connectivity index (χ1n) is 10.5. The van der Waals surface area contributed by atoms with Crippen molar-refractivity contribution in [1.29, 1.82) is 0 Å². The molecular weight excluding hydrogens is 413 g/mol. The lowest BCUT2D eigenvalue weighted by molar-refractivity contribution is -0.132. The number of rotatable bonds is 6. The van der Waals surface area contributed by atoms with Crippen LogP contribution in [-0.4, -0.2) is 46.6 Å². The molecule has 8 heteroatoms. The Morgan fingerprint density at radius 1 is 1.12 bits per heavy atom. The van der Waals surface area contributed by atoms with Crippen LogP contribution >= 0.6 is 0 Å². The zero-order chi connectivity index (χ0) is 22.5. The predicted molar refractivity (Wildman–Crippen MR) is 115 cm³/mol. The van der Waals surface area contributed by atoms with E-state index < -0.39 is 12.0 Å². The molecule has 0 aliphatic carbocycles. The molecule has 1 aliphatic rings. The molecule has 166 valence electrons. The highest BCUT2D eigenvalue weighted by molar-refractivity contribution is 5.95. The number of likely N-dealkylation sites (tertiary alicyclic amines) is 1. The highest BCUT2D eigenvalue weighted by Gasteiger charge is 2.28. The van der Waals surface area contributed by atoms with Crippen LogP contribution in [0.3, 0.4) is 0 Å². The summed E-state index contributed by atoms with van der Waals surface area (Å²) < 4.78 is 18.3. The van der Waals surface area contributed by atoms with Crippen LogP contribution in [0.1, 0.15) is 35.0 Å². The first-order valence-corrected chi connectivity index (χ1v) is 10.5. The van der Waals surface area contributed by atoms with E-state index in [9.17, 15) is 19.1 Å². The largest absolute Gasteiger partial charge is 0.388 e. The summed E-state index contributed by atoms with van der Waals surface area (Å²) in [7, 11) is 0. The van der Waals surface area contributed by atoms with E-state index in [0.717, 1.165) is 5.56 Å². The van der Waals surface area contributed by atoms with Crippen LogP contribution in [0.5, 0.6) is 0 Å². The number of carbonyl (C=O) groups excluding carboxylic acids is 2. The van der Waals surface area contributed by atoms with E-state index in [4.69, 9.17) is 4.52 Å². The van der Waals surface area contributed by atoms with E-state index in [0.29, 0.717) is 37.3 Å². The second-order valence-electron chi connectivity index (χ2n) is 7.84. The summed E-state index contributed by atoms with van der Waals surface area (Å²) in [6.45, 7) is 0.830. The van der Waals surface area contributed by atoms with E-state index in [1.54, 1.807) is 17.0 Å². The number of nitrogens with one attached hydrogen (secondary N) is 1. The normalized spacial score (nSPS) is 15.4. The number of aliphatic hydroxyl groups is 1. The molecule has 1 aliphatic heterocycles. The van der Waals surface area contributed by atoms with E-state index in [-0.39, 0.29) is 29.9 Å². The third kappa shape index (κ3) is 5.03. The van der Waals surface area contributed by atoms with Gasteiger partial charge in [-0.3, -0.25) is 9.59 Å². The number of nitrogens with zero attached hydrogens (tertiary/aromatic N) is 2. The van der Waals surface area contributed by atoms with Gasteiger partial charge in [-0.05, 0) is 36.5 Å². The summed E-state index contributed by atoms with van der Waals surface area (Å²) in [5.74, 6) is -0.550. The maximum atomic E-state index is 13.1. The lowest BCUT2D eigenvalue weighted by Gasteiger charge is -2.34. The second-order valence-corrected chi connectivity index (χ2v) is 7.84. The molecule has 0 saturated carbocycles. The number of hydrogen-bond acceptors (Lipinski definition) is 5. The Labute approximate surface area is 184 Å². The first-order chi connectivity index (χ1) is 15.5. The molecule has 4 rings (SSSR count). The Bertz CT molecular complexity index is 1060. The summed E-state index contributed by atoms with van der Waals surface area (Å²) in [5.41, 5.74) is 1.59. The topological polar surface area (TPSA) is 95.7 Å². The van der Waals surface area contributed by atoms with E-state index >= 15 is 0 Å². The highest BCUT2D eigenvalue weighted by atomic mass is 19.1. The van der Waals surface area contributed by atoms with Crippen molar-refractivity contribution in [2.24, 2.45) is 5.92 Å². The van der Waals surface area contributed by atoms with Crippen LogP contribution in [0.15, 0.2) is 65.2 Å². The van der Waals surface area contributed by atoms with Crippen molar-refractivity contribution in [3.05, 3.63) is 77.7 Å². The molecule has 1 atom stereocenters. The summed E-state index contributed by atoms with van der Waals surface area (Å²) in [6.07, 6.45) is 0.558. The SMILES string of the molecule is O=C(NCC(=O)N1CCC(C(O)c2ccc(F)cc2)CC1)c1cc(-c2ccccc2)on1. The Hall–Kier alpha value is -3.52. The van der Waals surface area contributed by atoms with Gasteiger partial charge in [0.1, 0.15) is 5.82 Å². The summed E-state index contributed by atoms with van der Waals surface area (Å²) >= 11 is 0. The zero-order valence-corrected chi connectivity index (χ0v) is 17.4. The van der Waals surface area contributed by atoms with E-state index in [2.05, 4.69) is 10.5 Å². The van der Waals surface area contributed by atoms with Gasteiger partial charge in [0.25, 0.3) is 5.91 Å². The minimum Gasteiger partial charge on any atom is -0.388 e. The number of hydrogen-bond donors (Lipinski definition) is 2. The number of halogens is 1. The van der Waals surface area contributed by atoms with Crippen molar-refractivity contribution in [3.63, 3.8) is 0 Å². The fourth-order valence-electron chi connectivity index (χ4n) is 3.88. The van der Waals surface area contributed by atoms with Crippen LogP contribution in [0.2, 0.25) is 0 Å². The summed E-state index contributed by atoms with van der Waals surface area (Å²) in [6, 6.07) is 16.7. The highest BCUT2D eigenvalue weighted by Crippen LogP contribution is 2.30. The van der Waals surface area contributed by atoms with Gasteiger partial charge < -0.3 is 19.8 Å². The molecule has 1 saturated heterocycles. The number of piperidine rings is 1. The van der Waals surface area contributed by atoms with Crippen molar-refractivity contribution in [3.8, 4) is 11.3 Å². The molecule has 0 bridgehead atoms. The Kier molecular flexibility index (Phi) is 6.61. The maximum Gasteiger partial charge on any atom is 0.273 e. The number of benzene rings is 2. The van der Waals surface area contributed by atoms with Crippen LogP contribution in [0.4, 0.5) is 4.39 Å². The number of amides is 2. The quantitative estimate of drug-likeness (QED) is 0.618. The second kappa shape index (κ2) is 9.74. The number of aromatic nitrogens is 1. The Morgan fingerprint density at radius 2 is 1.81 bits per heavy atom. The molecule has 0 spiro atoms. The van der Waals surface area contributed by atoms with Crippen molar-refractivity contribution >= 4 is 11.8 Å². The van der Waals surface area contributed by atoms with Gasteiger partial charge in [-0.15, -0.1) is 0 Å². The molecule has 7 nitrogen and oxygen atoms in total. The van der Waals surface area contributed by atoms with Gasteiger partial charge >= 0.3 is 0 Å². The molecule has 2 aromatic carbocycles. The van der Waals surface area contributed by atoms with Gasteiger partial charge in [0.05, 0.1) is 12.6 Å². The van der Waals surface area contributed by atoms with Crippen LogP contribution in [0.25, 0.3) is 11.3 Å². The fraction of sp³-hybridized carbons (Fsp3) is 0.292. The lowest BCUT2D eigenvalue weighted by atomic mass is 9.87. The van der Waals surface area contributed by atoms with Crippen molar-refractivity contribution in [2.75, 3.05) is 19.6 Å². The Morgan fingerprint density at radius 3 is 2.50 bits per heavy atom. The zero-order valence-electron chi connectivity index (χ0n) is 17.4. The van der Waals surface area contributed by atoms with Crippen molar-refractivity contribution < 1.29 is 23.6 Å². The minimum atomic E-state index is -0.696.